The van der Waals surface area contributed by atoms with E-state index in [4.69, 9.17) is 16.3 Å². The van der Waals surface area contributed by atoms with Crippen LogP contribution < -0.4 is 0 Å². The van der Waals surface area contributed by atoms with Gasteiger partial charge in [0, 0.05) is 12.4 Å². The number of alkyl halides is 1. The molecule has 0 radical (unpaired) electrons. The van der Waals surface area contributed by atoms with E-state index in [1.807, 2.05) is 13.8 Å². The van der Waals surface area contributed by atoms with E-state index < -0.39 is 15.6 Å². The van der Waals surface area contributed by atoms with Gasteiger partial charge in [-0.1, -0.05) is 0 Å². The van der Waals surface area contributed by atoms with Crippen molar-refractivity contribution in [3.63, 3.8) is 0 Å². The summed E-state index contributed by atoms with van der Waals surface area (Å²) in [5, 5.41) is 1.79. The fourth-order valence-corrected chi connectivity index (χ4v) is 5.28. The molecule has 7 heteroatoms. The summed E-state index contributed by atoms with van der Waals surface area (Å²) in [5.41, 5.74) is 0.327. The van der Waals surface area contributed by atoms with E-state index in [1.54, 1.807) is 11.4 Å². The Kier molecular flexibility index (Phi) is 4.04. The van der Waals surface area contributed by atoms with Crippen LogP contribution in [0.4, 0.5) is 0 Å². The summed E-state index contributed by atoms with van der Waals surface area (Å²) in [7, 11) is -3.45. The summed E-state index contributed by atoms with van der Waals surface area (Å²) in [4.78, 5) is 0. The number of morpholine rings is 1. The average Bonchev–Trinajstić information content (AvgIpc) is 2.77. The average molecular weight is 310 g/mol. The Bertz CT molecular complexity index is 524. The lowest BCUT2D eigenvalue weighted by Gasteiger charge is -2.40. The molecule has 0 bridgehead atoms. The minimum Gasteiger partial charge on any atom is -0.378 e. The summed E-state index contributed by atoms with van der Waals surface area (Å²) in [5.74, 6) is 0.332. The van der Waals surface area contributed by atoms with Crippen molar-refractivity contribution < 1.29 is 13.2 Å². The Morgan fingerprint density at radius 2 is 2.28 bits per heavy atom. The lowest BCUT2D eigenvalue weighted by Crippen LogP contribution is -2.55. The summed E-state index contributed by atoms with van der Waals surface area (Å²) < 4.78 is 32.4. The lowest BCUT2D eigenvalue weighted by molar-refractivity contribution is -0.00761. The van der Waals surface area contributed by atoms with Gasteiger partial charge in [-0.3, -0.25) is 0 Å². The maximum absolute atomic E-state index is 12.6. The Morgan fingerprint density at radius 1 is 1.56 bits per heavy atom. The zero-order valence-electron chi connectivity index (χ0n) is 10.3. The number of rotatable bonds is 3. The van der Waals surface area contributed by atoms with Crippen molar-refractivity contribution in [3.8, 4) is 0 Å². The third-order valence-electron chi connectivity index (χ3n) is 2.90. The molecule has 0 unspecified atom stereocenters. The Balaban J connectivity index is 2.35. The van der Waals surface area contributed by atoms with Crippen molar-refractivity contribution in [1.82, 2.24) is 4.31 Å². The first kappa shape index (κ1) is 14.3. The number of nitrogens with zero attached hydrogens (tertiary/aromatic N) is 1. The van der Waals surface area contributed by atoms with E-state index in [0.29, 0.717) is 29.8 Å². The van der Waals surface area contributed by atoms with Crippen LogP contribution in [0.25, 0.3) is 0 Å². The number of hydrogen-bond acceptors (Lipinski definition) is 4. The van der Waals surface area contributed by atoms with Gasteiger partial charge in [0.25, 0.3) is 10.0 Å². The van der Waals surface area contributed by atoms with E-state index >= 15 is 0 Å². The predicted octanol–water partition coefficient (Wildman–Crippen LogP) is 2.29. The first-order chi connectivity index (χ1) is 8.38. The predicted molar refractivity (Wildman–Crippen MR) is 72.7 cm³/mol. The highest BCUT2D eigenvalue weighted by atomic mass is 35.5. The summed E-state index contributed by atoms with van der Waals surface area (Å²) in [6.45, 7) is 5.00. The van der Waals surface area contributed by atoms with E-state index in [-0.39, 0.29) is 0 Å². The highest BCUT2D eigenvalue weighted by molar-refractivity contribution is 7.91. The van der Waals surface area contributed by atoms with Gasteiger partial charge in [-0.2, -0.15) is 4.31 Å². The van der Waals surface area contributed by atoms with Gasteiger partial charge in [-0.15, -0.1) is 22.9 Å². The van der Waals surface area contributed by atoms with Crippen molar-refractivity contribution in [2.45, 2.75) is 29.5 Å². The molecule has 1 aromatic rings. The first-order valence-corrected chi connectivity index (χ1v) is 8.47. The summed E-state index contributed by atoms with van der Waals surface area (Å²) in [6.07, 6.45) is 0. The molecule has 1 aliphatic rings. The number of thiophene rings is 1. The maximum atomic E-state index is 12.6. The third kappa shape index (κ3) is 2.58. The molecule has 0 aliphatic carbocycles. The Labute approximate surface area is 117 Å². The Hall–Kier alpha value is -0.140. The second kappa shape index (κ2) is 5.09. The van der Waals surface area contributed by atoms with Crippen molar-refractivity contribution in [3.05, 3.63) is 17.0 Å². The van der Waals surface area contributed by atoms with Gasteiger partial charge in [0.05, 0.1) is 18.8 Å². The molecule has 2 rings (SSSR count). The van der Waals surface area contributed by atoms with Gasteiger partial charge < -0.3 is 4.74 Å². The fraction of sp³-hybridized carbons (Fsp3) is 0.636. The van der Waals surface area contributed by atoms with Crippen molar-refractivity contribution in [1.29, 1.82) is 0 Å². The lowest BCUT2D eigenvalue weighted by atomic mass is 10.1. The quantitative estimate of drug-likeness (QED) is 0.805. The number of sulfonamides is 1. The standard InChI is InChI=1S/C11H16ClNO3S2/c1-11(2)8-16-4-3-13(11)18(14,15)10-5-9(6-12)7-17-10/h5,7H,3-4,6,8H2,1-2H3. The molecule has 2 heterocycles. The molecular weight excluding hydrogens is 294 g/mol. The molecule has 0 amide bonds. The van der Waals surface area contributed by atoms with Crippen molar-refractivity contribution in [2.24, 2.45) is 0 Å². The highest BCUT2D eigenvalue weighted by Gasteiger charge is 2.40. The summed E-state index contributed by atoms with van der Waals surface area (Å²) in [6, 6.07) is 1.65. The van der Waals surface area contributed by atoms with Crippen molar-refractivity contribution >= 4 is 33.0 Å². The van der Waals surface area contributed by atoms with Crippen LogP contribution in [0.15, 0.2) is 15.7 Å². The zero-order valence-corrected chi connectivity index (χ0v) is 12.7. The topological polar surface area (TPSA) is 46.6 Å². The van der Waals surface area contributed by atoms with Crippen LogP contribution in [-0.2, 0) is 20.6 Å². The highest BCUT2D eigenvalue weighted by Crippen LogP contribution is 2.31. The molecule has 0 atom stereocenters. The van der Waals surface area contributed by atoms with Crippen LogP contribution in [-0.4, -0.2) is 38.0 Å². The normalized spacial score (nSPS) is 21.1. The zero-order chi connectivity index (χ0) is 13.4. The molecule has 0 spiro atoms. The second-order valence-electron chi connectivity index (χ2n) is 4.85. The molecular formula is C11H16ClNO3S2. The van der Waals surface area contributed by atoms with Gasteiger partial charge in [-0.25, -0.2) is 8.42 Å². The molecule has 1 aliphatic heterocycles. The van der Waals surface area contributed by atoms with Crippen LogP contribution in [0.3, 0.4) is 0 Å². The molecule has 4 nitrogen and oxygen atoms in total. The van der Waals surface area contributed by atoms with Crippen LogP contribution in [0, 0.1) is 0 Å². The molecule has 18 heavy (non-hydrogen) atoms. The van der Waals surface area contributed by atoms with Gasteiger partial charge in [0.2, 0.25) is 0 Å². The Morgan fingerprint density at radius 3 is 2.83 bits per heavy atom. The third-order valence-corrected chi connectivity index (χ3v) is 6.78. The van der Waals surface area contributed by atoms with E-state index in [9.17, 15) is 8.42 Å². The smallest absolute Gasteiger partial charge is 0.253 e. The van der Waals surface area contributed by atoms with Crippen LogP contribution in [0.2, 0.25) is 0 Å². The molecule has 0 N–H and O–H groups in total. The first-order valence-electron chi connectivity index (χ1n) is 5.62. The van der Waals surface area contributed by atoms with E-state index in [1.165, 1.54) is 15.6 Å². The van der Waals surface area contributed by atoms with Gasteiger partial charge in [0.15, 0.2) is 0 Å². The van der Waals surface area contributed by atoms with Gasteiger partial charge in [-0.05, 0) is 30.9 Å². The molecule has 1 saturated heterocycles. The SMILES string of the molecule is CC1(C)COCCN1S(=O)(=O)c1cc(CCl)cs1. The van der Waals surface area contributed by atoms with E-state index in [0.717, 1.165) is 5.56 Å². The minimum absolute atomic E-state index is 0.332. The number of ether oxygens (including phenoxy) is 1. The molecule has 1 fully saturated rings. The van der Waals surface area contributed by atoms with Crippen molar-refractivity contribution in [2.75, 3.05) is 19.8 Å². The molecule has 0 saturated carbocycles. The molecule has 1 aromatic heterocycles. The van der Waals surface area contributed by atoms with Crippen LogP contribution in [0.5, 0.6) is 0 Å². The van der Waals surface area contributed by atoms with E-state index in [2.05, 4.69) is 0 Å². The molecule has 0 aromatic carbocycles. The largest absolute Gasteiger partial charge is 0.378 e. The van der Waals surface area contributed by atoms with Gasteiger partial charge >= 0.3 is 0 Å². The second-order valence-corrected chi connectivity index (χ2v) is 8.12. The number of hydrogen-bond donors (Lipinski definition) is 0. The minimum atomic E-state index is -3.45. The monoisotopic (exact) mass is 309 g/mol. The number of halogens is 1. The summed E-state index contributed by atoms with van der Waals surface area (Å²) >= 11 is 6.93. The maximum Gasteiger partial charge on any atom is 0.253 e. The van der Waals surface area contributed by atoms with Crippen LogP contribution in [0.1, 0.15) is 19.4 Å². The van der Waals surface area contributed by atoms with Crippen LogP contribution >= 0.6 is 22.9 Å². The van der Waals surface area contributed by atoms with Gasteiger partial charge in [0.1, 0.15) is 4.21 Å². The fourth-order valence-electron chi connectivity index (χ4n) is 1.96. The molecule has 102 valence electrons.